The smallest absolute Gasteiger partial charge is 0.253 e. The van der Waals surface area contributed by atoms with Gasteiger partial charge in [0.05, 0.1) is 0 Å². The highest BCUT2D eigenvalue weighted by atomic mass is 19.1. The summed E-state index contributed by atoms with van der Waals surface area (Å²) in [4.78, 5) is 27.8. The van der Waals surface area contributed by atoms with Gasteiger partial charge in [0.1, 0.15) is 17.2 Å². The second-order valence-electron chi connectivity index (χ2n) is 5.66. The Labute approximate surface area is 127 Å². The number of hydrogen-bond donors (Lipinski definition) is 1. The number of rotatable bonds is 4. The molecule has 2 aromatic rings. The molecule has 0 aliphatic carbocycles. The number of benzene rings is 1. The zero-order valence-corrected chi connectivity index (χ0v) is 12.4. The molecule has 6 heteroatoms. The van der Waals surface area contributed by atoms with Crippen LogP contribution >= 0.6 is 0 Å². The van der Waals surface area contributed by atoms with Gasteiger partial charge in [0, 0.05) is 32.7 Å². The molecule has 2 aromatic carbocycles. The Kier molecular flexibility index (Phi) is 3.94. The lowest BCUT2D eigenvalue weighted by molar-refractivity contribution is 0.312. The number of anilines is 2. The molecule has 1 fully saturated rings. The molecule has 1 heterocycles. The van der Waals surface area contributed by atoms with Crippen LogP contribution < -0.4 is 21.1 Å². The fourth-order valence-electron chi connectivity index (χ4n) is 2.71. The molecule has 0 unspecified atom stereocenters. The van der Waals surface area contributed by atoms with Crippen LogP contribution in [0, 0.1) is 5.82 Å². The highest BCUT2D eigenvalue weighted by molar-refractivity contribution is 5.75. The summed E-state index contributed by atoms with van der Waals surface area (Å²) >= 11 is 0. The van der Waals surface area contributed by atoms with Crippen molar-refractivity contribution in [2.75, 3.05) is 43.4 Å². The van der Waals surface area contributed by atoms with E-state index in [9.17, 15) is 14.0 Å². The third-order valence-corrected chi connectivity index (χ3v) is 4.06. The monoisotopic (exact) mass is 303 g/mol. The predicted octanol–water partition coefficient (Wildman–Crippen LogP) is 0.786. The molecule has 1 aliphatic heterocycles. The topological polar surface area (TPSA) is 52.6 Å². The van der Waals surface area contributed by atoms with Gasteiger partial charge in [-0.25, -0.2) is 4.39 Å². The normalized spacial score (nSPS) is 16.2. The first-order valence-corrected chi connectivity index (χ1v) is 7.31. The molecule has 0 radical (unpaired) electrons. The van der Waals surface area contributed by atoms with E-state index in [1.54, 1.807) is 12.1 Å². The first-order chi connectivity index (χ1) is 10.6. The first kappa shape index (κ1) is 14.7. The molecule has 0 saturated carbocycles. The molecule has 1 saturated heterocycles. The molecule has 116 valence electrons. The SMILES string of the molecule is CN1CCN(c2c(NCc3cccc(F)c3)c(=O)c2=O)CC1. The van der Waals surface area contributed by atoms with Crippen molar-refractivity contribution < 1.29 is 4.39 Å². The lowest BCUT2D eigenvalue weighted by Crippen LogP contribution is -2.50. The van der Waals surface area contributed by atoms with E-state index in [0.29, 0.717) is 17.9 Å². The number of piperazine rings is 1. The van der Waals surface area contributed by atoms with Gasteiger partial charge in [0.25, 0.3) is 10.9 Å². The van der Waals surface area contributed by atoms with Crippen LogP contribution in [-0.2, 0) is 6.54 Å². The number of nitrogens with one attached hydrogen (secondary N) is 1. The van der Waals surface area contributed by atoms with Crippen molar-refractivity contribution in [3.05, 3.63) is 56.1 Å². The second kappa shape index (κ2) is 5.88. The van der Waals surface area contributed by atoms with Crippen molar-refractivity contribution in [2.24, 2.45) is 0 Å². The summed E-state index contributed by atoms with van der Waals surface area (Å²) in [6.07, 6.45) is 0. The van der Waals surface area contributed by atoms with Gasteiger partial charge in [-0.2, -0.15) is 0 Å². The number of likely N-dealkylation sites (N-methyl/N-ethyl adjacent to an activating group) is 1. The predicted molar refractivity (Wildman–Crippen MR) is 84.8 cm³/mol. The minimum absolute atomic E-state index is 0.316. The maximum absolute atomic E-state index is 13.2. The molecule has 0 aromatic heterocycles. The van der Waals surface area contributed by atoms with E-state index in [1.165, 1.54) is 12.1 Å². The van der Waals surface area contributed by atoms with Crippen molar-refractivity contribution in [3.63, 3.8) is 0 Å². The molecular formula is C16H18FN3O2. The lowest BCUT2D eigenvalue weighted by Gasteiger charge is -2.35. The largest absolute Gasteiger partial charge is 0.376 e. The Hall–Kier alpha value is -2.21. The van der Waals surface area contributed by atoms with Gasteiger partial charge in [-0.1, -0.05) is 12.1 Å². The summed E-state index contributed by atoms with van der Waals surface area (Å²) in [5, 5.41) is 2.99. The standard InChI is InChI=1S/C16H18FN3O2/c1-19-5-7-20(8-6-19)14-13(15(21)16(14)22)18-10-11-3-2-4-12(17)9-11/h2-4,9,18H,5-8,10H2,1H3. The Morgan fingerprint density at radius 2 is 1.86 bits per heavy atom. The van der Waals surface area contributed by atoms with Crippen LogP contribution in [-0.4, -0.2) is 38.1 Å². The summed E-state index contributed by atoms with van der Waals surface area (Å²) < 4.78 is 13.2. The molecule has 3 rings (SSSR count). The Morgan fingerprint density at radius 3 is 2.55 bits per heavy atom. The van der Waals surface area contributed by atoms with Crippen LogP contribution in [0.2, 0.25) is 0 Å². The molecule has 1 N–H and O–H groups in total. The Bertz CT molecular complexity index is 744. The highest BCUT2D eigenvalue weighted by Gasteiger charge is 2.27. The van der Waals surface area contributed by atoms with E-state index in [-0.39, 0.29) is 5.82 Å². The Morgan fingerprint density at radius 1 is 1.14 bits per heavy atom. The van der Waals surface area contributed by atoms with Crippen molar-refractivity contribution in [1.29, 1.82) is 0 Å². The Balaban J connectivity index is 1.73. The van der Waals surface area contributed by atoms with Gasteiger partial charge < -0.3 is 15.1 Å². The quantitative estimate of drug-likeness (QED) is 0.846. The van der Waals surface area contributed by atoms with E-state index >= 15 is 0 Å². The van der Waals surface area contributed by atoms with Crippen LogP contribution in [0.3, 0.4) is 0 Å². The molecule has 0 bridgehead atoms. The second-order valence-corrected chi connectivity index (χ2v) is 5.66. The molecule has 5 nitrogen and oxygen atoms in total. The van der Waals surface area contributed by atoms with Crippen LogP contribution in [0.15, 0.2) is 33.9 Å². The number of halogens is 1. The molecule has 22 heavy (non-hydrogen) atoms. The van der Waals surface area contributed by atoms with Crippen molar-refractivity contribution >= 4 is 11.4 Å². The van der Waals surface area contributed by atoms with E-state index in [4.69, 9.17) is 0 Å². The van der Waals surface area contributed by atoms with Crippen LogP contribution in [0.4, 0.5) is 15.8 Å². The van der Waals surface area contributed by atoms with Crippen LogP contribution in [0.25, 0.3) is 0 Å². The third kappa shape index (κ3) is 2.74. The minimum atomic E-state index is -0.481. The summed E-state index contributed by atoms with van der Waals surface area (Å²) in [6, 6.07) is 6.18. The third-order valence-electron chi connectivity index (χ3n) is 4.06. The van der Waals surface area contributed by atoms with Gasteiger partial charge in [0.15, 0.2) is 0 Å². The van der Waals surface area contributed by atoms with Crippen molar-refractivity contribution in [3.8, 4) is 0 Å². The van der Waals surface area contributed by atoms with E-state index < -0.39 is 10.9 Å². The summed E-state index contributed by atoms with van der Waals surface area (Å²) in [5.74, 6) is -0.316. The zero-order valence-electron chi connectivity index (χ0n) is 12.4. The number of nitrogens with zero attached hydrogens (tertiary/aromatic N) is 2. The van der Waals surface area contributed by atoms with Crippen molar-refractivity contribution in [1.82, 2.24) is 4.90 Å². The molecular weight excluding hydrogens is 285 g/mol. The highest BCUT2D eigenvalue weighted by Crippen LogP contribution is 2.22. The fourth-order valence-corrected chi connectivity index (χ4v) is 2.71. The van der Waals surface area contributed by atoms with Gasteiger partial charge >= 0.3 is 0 Å². The van der Waals surface area contributed by atoms with Crippen LogP contribution in [0.1, 0.15) is 5.56 Å². The average Bonchev–Trinajstić information content (AvgIpc) is 2.52. The van der Waals surface area contributed by atoms with Crippen LogP contribution in [0.5, 0.6) is 0 Å². The van der Waals surface area contributed by atoms with E-state index in [0.717, 1.165) is 31.7 Å². The van der Waals surface area contributed by atoms with Gasteiger partial charge in [0.2, 0.25) is 0 Å². The first-order valence-electron chi connectivity index (χ1n) is 7.31. The van der Waals surface area contributed by atoms with Gasteiger partial charge in [-0.3, -0.25) is 9.59 Å². The molecule has 0 atom stereocenters. The van der Waals surface area contributed by atoms with Gasteiger partial charge in [-0.05, 0) is 24.7 Å². The maximum atomic E-state index is 13.2. The lowest BCUT2D eigenvalue weighted by atomic mass is 10.1. The van der Waals surface area contributed by atoms with E-state index in [1.807, 2.05) is 11.9 Å². The molecule has 0 amide bonds. The average molecular weight is 303 g/mol. The molecule has 1 aliphatic rings. The zero-order chi connectivity index (χ0) is 15.7. The van der Waals surface area contributed by atoms with E-state index in [2.05, 4.69) is 10.2 Å². The molecule has 0 spiro atoms. The summed E-state index contributed by atoms with van der Waals surface area (Å²) in [6.45, 7) is 3.51. The maximum Gasteiger partial charge on any atom is 0.253 e. The minimum Gasteiger partial charge on any atom is -0.376 e. The summed E-state index contributed by atoms with van der Waals surface area (Å²) in [5.41, 5.74) is 0.669. The summed E-state index contributed by atoms with van der Waals surface area (Å²) in [7, 11) is 2.03. The van der Waals surface area contributed by atoms with Crippen molar-refractivity contribution in [2.45, 2.75) is 6.54 Å². The number of hydrogen-bond acceptors (Lipinski definition) is 5. The fraction of sp³-hybridized carbons (Fsp3) is 0.375. The van der Waals surface area contributed by atoms with Gasteiger partial charge in [-0.15, -0.1) is 0 Å².